The summed E-state index contributed by atoms with van der Waals surface area (Å²) in [7, 11) is 0. The van der Waals surface area contributed by atoms with Crippen LogP contribution in [0, 0.1) is 0 Å². The number of aliphatic hydroxyl groups is 1. The molecule has 0 aliphatic rings. The number of halogens is 2. The molecule has 5 heteroatoms. The Kier molecular flexibility index (Phi) is 4.43. The lowest BCUT2D eigenvalue weighted by Gasteiger charge is -2.24. The van der Waals surface area contributed by atoms with Crippen molar-refractivity contribution in [1.29, 1.82) is 0 Å². The van der Waals surface area contributed by atoms with Gasteiger partial charge in [0.25, 0.3) is 0 Å². The third kappa shape index (κ3) is 3.26. The van der Waals surface area contributed by atoms with Crippen LogP contribution in [0.25, 0.3) is 0 Å². The molecule has 0 heterocycles. The van der Waals surface area contributed by atoms with Crippen LogP contribution < -0.4 is 4.90 Å². The summed E-state index contributed by atoms with van der Waals surface area (Å²) in [5.41, 5.74) is 1.13. The topological polar surface area (TPSA) is 40.5 Å². The van der Waals surface area contributed by atoms with Crippen molar-refractivity contribution < 1.29 is 9.90 Å². The second-order valence-corrected chi connectivity index (χ2v) is 4.79. The molecular weight excluding hydrogens is 285 g/mol. The van der Waals surface area contributed by atoms with Gasteiger partial charge < -0.3 is 5.11 Å². The average Bonchev–Trinajstić information content (AvgIpc) is 2.42. The van der Waals surface area contributed by atoms with Gasteiger partial charge in [0.1, 0.15) is 0 Å². The number of rotatable bonds is 4. The van der Waals surface area contributed by atoms with Gasteiger partial charge in [-0.2, -0.15) is 0 Å². The van der Waals surface area contributed by atoms with E-state index in [2.05, 4.69) is 0 Å². The molecule has 2 aromatic rings. The van der Waals surface area contributed by atoms with Gasteiger partial charge in [-0.15, -0.1) is 0 Å². The molecule has 1 N–H and O–H groups in total. The van der Waals surface area contributed by atoms with Gasteiger partial charge >= 0.3 is 0 Å². The van der Waals surface area contributed by atoms with Gasteiger partial charge in [0.2, 0.25) is 6.41 Å². The summed E-state index contributed by atoms with van der Waals surface area (Å²) < 4.78 is 0. The van der Waals surface area contributed by atoms with E-state index >= 15 is 0 Å². The van der Waals surface area contributed by atoms with Gasteiger partial charge in [0.05, 0.1) is 0 Å². The van der Waals surface area contributed by atoms with Crippen LogP contribution in [0.2, 0.25) is 10.0 Å². The zero-order valence-electron chi connectivity index (χ0n) is 9.83. The van der Waals surface area contributed by atoms with E-state index in [1.165, 1.54) is 4.90 Å². The molecule has 0 aromatic heterocycles. The van der Waals surface area contributed by atoms with Crippen molar-refractivity contribution in [3.05, 3.63) is 64.1 Å². The molecule has 0 aliphatic heterocycles. The second kappa shape index (κ2) is 6.06. The minimum Gasteiger partial charge on any atom is -0.369 e. The Bertz CT molecular complexity index is 555. The number of hydrogen-bond donors (Lipinski definition) is 1. The number of amides is 1. The number of carbonyl (C=O) groups excluding carboxylic acids is 1. The summed E-state index contributed by atoms with van der Waals surface area (Å²) >= 11 is 11.6. The Hall–Kier alpha value is -1.55. The lowest BCUT2D eigenvalue weighted by molar-refractivity contribution is -0.109. The van der Waals surface area contributed by atoms with Crippen molar-refractivity contribution in [2.24, 2.45) is 0 Å². The monoisotopic (exact) mass is 295 g/mol. The molecule has 98 valence electrons. The Morgan fingerprint density at radius 1 is 0.947 bits per heavy atom. The molecule has 0 saturated carbocycles. The smallest absolute Gasteiger partial charge is 0.216 e. The summed E-state index contributed by atoms with van der Waals surface area (Å²) in [6.07, 6.45) is -0.501. The number of aliphatic hydroxyl groups excluding tert-OH is 1. The minimum absolute atomic E-state index is 0.557. The van der Waals surface area contributed by atoms with Crippen LogP contribution in [0.3, 0.4) is 0 Å². The molecule has 0 radical (unpaired) electrons. The maximum absolute atomic E-state index is 11.2. The first kappa shape index (κ1) is 13.9. The summed E-state index contributed by atoms with van der Waals surface area (Å²) in [6, 6.07) is 13.3. The van der Waals surface area contributed by atoms with E-state index in [0.29, 0.717) is 27.7 Å². The number of anilines is 1. The van der Waals surface area contributed by atoms with Crippen molar-refractivity contribution in [2.75, 3.05) is 4.90 Å². The summed E-state index contributed by atoms with van der Waals surface area (Å²) in [6.45, 7) is 0. The fourth-order valence-corrected chi connectivity index (χ4v) is 1.92. The third-order valence-electron chi connectivity index (χ3n) is 2.67. The molecule has 2 rings (SSSR count). The maximum atomic E-state index is 11.2. The standard InChI is InChI=1S/C14H11Cl2NO2/c15-11-3-1-10(2-4-11)14(19)17(9-18)13-7-5-12(16)6-8-13/h1-9,14,19H. The largest absolute Gasteiger partial charge is 0.369 e. The fourth-order valence-electron chi connectivity index (χ4n) is 1.67. The Morgan fingerprint density at radius 3 is 1.89 bits per heavy atom. The first-order chi connectivity index (χ1) is 9.11. The Morgan fingerprint density at radius 2 is 1.42 bits per heavy atom. The van der Waals surface area contributed by atoms with Crippen LogP contribution in [-0.4, -0.2) is 11.5 Å². The molecule has 0 spiro atoms. The maximum Gasteiger partial charge on any atom is 0.216 e. The number of carbonyl (C=O) groups is 1. The van der Waals surface area contributed by atoms with E-state index in [9.17, 15) is 9.90 Å². The highest BCUT2D eigenvalue weighted by atomic mass is 35.5. The van der Waals surface area contributed by atoms with Crippen LogP contribution in [-0.2, 0) is 4.79 Å². The van der Waals surface area contributed by atoms with Crippen LogP contribution >= 0.6 is 23.2 Å². The lowest BCUT2D eigenvalue weighted by Crippen LogP contribution is -2.26. The molecule has 1 atom stereocenters. The average molecular weight is 296 g/mol. The van der Waals surface area contributed by atoms with Crippen LogP contribution in [0.15, 0.2) is 48.5 Å². The first-order valence-corrected chi connectivity index (χ1v) is 6.30. The van der Waals surface area contributed by atoms with Crippen molar-refractivity contribution in [2.45, 2.75) is 6.23 Å². The molecule has 3 nitrogen and oxygen atoms in total. The molecule has 0 saturated heterocycles. The van der Waals surface area contributed by atoms with E-state index in [-0.39, 0.29) is 0 Å². The molecule has 1 unspecified atom stereocenters. The quantitative estimate of drug-likeness (QED) is 0.691. The van der Waals surface area contributed by atoms with Crippen molar-refractivity contribution in [3.8, 4) is 0 Å². The molecule has 1 amide bonds. The van der Waals surface area contributed by atoms with E-state index in [4.69, 9.17) is 23.2 Å². The van der Waals surface area contributed by atoms with Crippen LogP contribution in [0.1, 0.15) is 11.8 Å². The molecule has 0 bridgehead atoms. The van der Waals surface area contributed by atoms with Gasteiger partial charge in [-0.25, -0.2) is 0 Å². The molecule has 0 fully saturated rings. The number of benzene rings is 2. The summed E-state index contributed by atoms with van der Waals surface area (Å²) in [5, 5.41) is 11.3. The molecule has 19 heavy (non-hydrogen) atoms. The van der Waals surface area contributed by atoms with Crippen LogP contribution in [0.5, 0.6) is 0 Å². The highest BCUT2D eigenvalue weighted by Crippen LogP contribution is 2.25. The van der Waals surface area contributed by atoms with Gasteiger partial charge in [0.15, 0.2) is 6.23 Å². The number of hydrogen-bond acceptors (Lipinski definition) is 2. The number of nitrogens with zero attached hydrogens (tertiary/aromatic N) is 1. The molecule has 2 aromatic carbocycles. The normalized spacial score (nSPS) is 11.9. The Labute approximate surface area is 121 Å². The highest BCUT2D eigenvalue weighted by Gasteiger charge is 2.17. The van der Waals surface area contributed by atoms with E-state index in [1.54, 1.807) is 48.5 Å². The summed E-state index contributed by atoms with van der Waals surface area (Å²) in [4.78, 5) is 12.4. The molecular formula is C14H11Cl2NO2. The van der Waals surface area contributed by atoms with E-state index in [0.717, 1.165) is 0 Å². The third-order valence-corrected chi connectivity index (χ3v) is 3.17. The van der Waals surface area contributed by atoms with Gasteiger partial charge in [-0.1, -0.05) is 35.3 Å². The highest BCUT2D eigenvalue weighted by molar-refractivity contribution is 6.30. The van der Waals surface area contributed by atoms with E-state index in [1.807, 2.05) is 0 Å². The zero-order valence-corrected chi connectivity index (χ0v) is 11.3. The van der Waals surface area contributed by atoms with Gasteiger partial charge in [-0.3, -0.25) is 9.69 Å². The van der Waals surface area contributed by atoms with Gasteiger partial charge in [-0.05, 0) is 36.4 Å². The summed E-state index contributed by atoms with van der Waals surface area (Å²) in [5.74, 6) is 0. The van der Waals surface area contributed by atoms with Crippen molar-refractivity contribution in [1.82, 2.24) is 0 Å². The predicted molar refractivity (Wildman–Crippen MR) is 76.4 cm³/mol. The predicted octanol–water partition coefficient (Wildman–Crippen LogP) is 3.65. The Balaban J connectivity index is 2.28. The zero-order chi connectivity index (χ0) is 13.8. The first-order valence-electron chi connectivity index (χ1n) is 5.54. The second-order valence-electron chi connectivity index (χ2n) is 3.91. The minimum atomic E-state index is -1.07. The SMILES string of the molecule is O=CN(c1ccc(Cl)cc1)C(O)c1ccc(Cl)cc1. The van der Waals surface area contributed by atoms with Crippen LogP contribution in [0.4, 0.5) is 5.69 Å². The van der Waals surface area contributed by atoms with Gasteiger partial charge in [0, 0.05) is 21.3 Å². The van der Waals surface area contributed by atoms with Crippen molar-refractivity contribution in [3.63, 3.8) is 0 Å². The lowest BCUT2D eigenvalue weighted by atomic mass is 10.1. The van der Waals surface area contributed by atoms with Crippen molar-refractivity contribution >= 4 is 35.3 Å². The van der Waals surface area contributed by atoms with E-state index < -0.39 is 6.23 Å². The molecule has 0 aliphatic carbocycles. The fraction of sp³-hybridized carbons (Fsp3) is 0.0714.